The van der Waals surface area contributed by atoms with Crippen molar-refractivity contribution < 1.29 is 4.79 Å². The minimum absolute atomic E-state index is 0.0105. The normalized spacial score (nSPS) is 24.2. The zero-order valence-electron chi connectivity index (χ0n) is 8.71. The lowest BCUT2D eigenvalue weighted by atomic mass is 10.2. The smallest absolute Gasteiger partial charge is 0.241 e. The highest BCUT2D eigenvalue weighted by atomic mass is 16.2. The number of nitrogens with zero attached hydrogens (tertiary/aromatic N) is 2. The molecule has 0 spiro atoms. The standard InChI is InChI=1S/C9H19N3O/c1-4-12-6-5-10-8(9(12)13)7-11(2)3/h8,10H,4-7H2,1-3H3. The van der Waals surface area contributed by atoms with Gasteiger partial charge in [-0.15, -0.1) is 0 Å². The van der Waals surface area contributed by atoms with Crippen LogP contribution in [-0.2, 0) is 4.79 Å². The largest absolute Gasteiger partial charge is 0.340 e. The maximum Gasteiger partial charge on any atom is 0.241 e. The Morgan fingerprint density at radius 2 is 2.31 bits per heavy atom. The Balaban J connectivity index is 2.50. The van der Waals surface area contributed by atoms with Gasteiger partial charge in [-0.25, -0.2) is 0 Å². The molecule has 1 fully saturated rings. The highest BCUT2D eigenvalue weighted by molar-refractivity contribution is 5.82. The second-order valence-electron chi connectivity index (χ2n) is 3.69. The lowest BCUT2D eigenvalue weighted by Gasteiger charge is -2.33. The molecule has 1 heterocycles. The molecule has 0 bridgehead atoms. The predicted molar refractivity (Wildman–Crippen MR) is 52.6 cm³/mol. The van der Waals surface area contributed by atoms with Crippen molar-refractivity contribution in [1.82, 2.24) is 15.1 Å². The van der Waals surface area contributed by atoms with Crippen LogP contribution in [0, 0.1) is 0 Å². The zero-order valence-corrected chi connectivity index (χ0v) is 8.71. The van der Waals surface area contributed by atoms with Gasteiger partial charge in [-0.05, 0) is 21.0 Å². The van der Waals surface area contributed by atoms with Crippen molar-refractivity contribution in [1.29, 1.82) is 0 Å². The summed E-state index contributed by atoms with van der Waals surface area (Å²) in [5.41, 5.74) is 0. The van der Waals surface area contributed by atoms with E-state index in [1.54, 1.807) is 0 Å². The summed E-state index contributed by atoms with van der Waals surface area (Å²) in [7, 11) is 3.97. The molecule has 0 aromatic heterocycles. The van der Waals surface area contributed by atoms with Crippen LogP contribution in [0.4, 0.5) is 0 Å². The highest BCUT2D eigenvalue weighted by Gasteiger charge is 2.27. The lowest BCUT2D eigenvalue weighted by Crippen LogP contribution is -2.57. The van der Waals surface area contributed by atoms with Crippen molar-refractivity contribution in [3.63, 3.8) is 0 Å². The number of carbonyl (C=O) groups excluding carboxylic acids is 1. The molecule has 76 valence electrons. The quantitative estimate of drug-likeness (QED) is 0.636. The first-order chi connectivity index (χ1) is 6.15. The molecule has 0 aromatic carbocycles. The summed E-state index contributed by atoms with van der Waals surface area (Å²) in [5.74, 6) is 0.238. The van der Waals surface area contributed by atoms with E-state index in [-0.39, 0.29) is 11.9 Å². The monoisotopic (exact) mass is 185 g/mol. The molecule has 13 heavy (non-hydrogen) atoms. The Morgan fingerprint density at radius 1 is 1.62 bits per heavy atom. The number of carbonyl (C=O) groups is 1. The first-order valence-electron chi connectivity index (χ1n) is 4.82. The van der Waals surface area contributed by atoms with Gasteiger partial charge < -0.3 is 15.1 Å². The van der Waals surface area contributed by atoms with E-state index in [1.807, 2.05) is 30.8 Å². The fourth-order valence-electron chi connectivity index (χ4n) is 1.61. The van der Waals surface area contributed by atoms with Crippen LogP contribution in [0.3, 0.4) is 0 Å². The number of nitrogens with one attached hydrogen (secondary N) is 1. The van der Waals surface area contributed by atoms with E-state index in [4.69, 9.17) is 0 Å². The number of piperazine rings is 1. The van der Waals surface area contributed by atoms with Crippen LogP contribution in [0.15, 0.2) is 0 Å². The predicted octanol–water partition coefficient (Wildman–Crippen LogP) is -0.632. The number of hydrogen-bond acceptors (Lipinski definition) is 3. The van der Waals surface area contributed by atoms with E-state index in [0.29, 0.717) is 0 Å². The van der Waals surface area contributed by atoms with Gasteiger partial charge in [-0.3, -0.25) is 4.79 Å². The van der Waals surface area contributed by atoms with Crippen LogP contribution in [0.25, 0.3) is 0 Å². The van der Waals surface area contributed by atoms with Crippen molar-refractivity contribution in [2.45, 2.75) is 13.0 Å². The van der Waals surface area contributed by atoms with E-state index in [0.717, 1.165) is 26.2 Å². The maximum absolute atomic E-state index is 11.7. The minimum Gasteiger partial charge on any atom is -0.340 e. The second-order valence-corrected chi connectivity index (χ2v) is 3.69. The Hall–Kier alpha value is -0.610. The summed E-state index contributed by atoms with van der Waals surface area (Å²) in [5, 5.41) is 3.23. The van der Waals surface area contributed by atoms with Crippen molar-refractivity contribution in [3.8, 4) is 0 Å². The first kappa shape index (κ1) is 10.5. The summed E-state index contributed by atoms with van der Waals surface area (Å²) in [6.45, 7) is 5.40. The summed E-state index contributed by atoms with van der Waals surface area (Å²) < 4.78 is 0. The van der Waals surface area contributed by atoms with Crippen molar-refractivity contribution in [2.75, 3.05) is 40.3 Å². The molecule has 1 atom stereocenters. The third-order valence-electron chi connectivity index (χ3n) is 2.31. The molecule has 1 saturated heterocycles. The maximum atomic E-state index is 11.7. The molecule has 1 aliphatic heterocycles. The average Bonchev–Trinajstić information content (AvgIpc) is 2.08. The molecule has 1 unspecified atom stereocenters. The minimum atomic E-state index is -0.0105. The van der Waals surface area contributed by atoms with Gasteiger partial charge in [0.15, 0.2) is 0 Å². The SMILES string of the molecule is CCN1CCNC(CN(C)C)C1=O. The molecule has 0 radical (unpaired) electrons. The van der Waals surface area contributed by atoms with E-state index in [1.165, 1.54) is 0 Å². The fraction of sp³-hybridized carbons (Fsp3) is 0.889. The van der Waals surface area contributed by atoms with Crippen LogP contribution in [-0.4, -0.2) is 62.0 Å². The lowest BCUT2D eigenvalue weighted by molar-refractivity contribution is -0.135. The highest BCUT2D eigenvalue weighted by Crippen LogP contribution is 2.01. The molecule has 0 saturated carbocycles. The third kappa shape index (κ3) is 2.67. The van der Waals surface area contributed by atoms with Crippen LogP contribution in [0.5, 0.6) is 0 Å². The van der Waals surface area contributed by atoms with E-state index < -0.39 is 0 Å². The molecule has 1 rings (SSSR count). The second kappa shape index (κ2) is 4.58. The van der Waals surface area contributed by atoms with Gasteiger partial charge in [0.05, 0.1) is 6.04 Å². The van der Waals surface area contributed by atoms with Crippen LogP contribution < -0.4 is 5.32 Å². The van der Waals surface area contributed by atoms with E-state index in [9.17, 15) is 4.79 Å². The molecule has 4 nitrogen and oxygen atoms in total. The summed E-state index contributed by atoms with van der Waals surface area (Å²) in [6.07, 6.45) is 0. The van der Waals surface area contributed by atoms with Crippen molar-refractivity contribution in [3.05, 3.63) is 0 Å². The fourth-order valence-corrected chi connectivity index (χ4v) is 1.61. The molecular formula is C9H19N3O. The molecule has 1 aliphatic rings. The summed E-state index contributed by atoms with van der Waals surface area (Å²) >= 11 is 0. The van der Waals surface area contributed by atoms with Crippen molar-refractivity contribution >= 4 is 5.91 Å². The first-order valence-corrected chi connectivity index (χ1v) is 4.82. The van der Waals surface area contributed by atoms with Gasteiger partial charge in [-0.1, -0.05) is 0 Å². The topological polar surface area (TPSA) is 35.6 Å². The summed E-state index contributed by atoms with van der Waals surface area (Å²) in [4.78, 5) is 15.7. The molecule has 1 N–H and O–H groups in total. The van der Waals surface area contributed by atoms with Gasteiger partial charge in [0.1, 0.15) is 0 Å². The summed E-state index contributed by atoms with van der Waals surface area (Å²) in [6, 6.07) is -0.0105. The zero-order chi connectivity index (χ0) is 9.84. The van der Waals surface area contributed by atoms with Crippen LogP contribution in [0.2, 0.25) is 0 Å². The van der Waals surface area contributed by atoms with Gasteiger partial charge in [-0.2, -0.15) is 0 Å². The Morgan fingerprint density at radius 3 is 2.85 bits per heavy atom. The Bertz CT molecular complexity index is 182. The molecule has 4 heteroatoms. The van der Waals surface area contributed by atoms with E-state index in [2.05, 4.69) is 5.32 Å². The van der Waals surface area contributed by atoms with Crippen LogP contribution in [0.1, 0.15) is 6.92 Å². The Labute approximate surface area is 79.9 Å². The van der Waals surface area contributed by atoms with Gasteiger partial charge >= 0.3 is 0 Å². The molecule has 1 amide bonds. The van der Waals surface area contributed by atoms with Gasteiger partial charge in [0.25, 0.3) is 0 Å². The average molecular weight is 185 g/mol. The Kier molecular flexibility index (Phi) is 3.69. The third-order valence-corrected chi connectivity index (χ3v) is 2.31. The van der Waals surface area contributed by atoms with Crippen LogP contribution >= 0.6 is 0 Å². The van der Waals surface area contributed by atoms with Crippen molar-refractivity contribution in [2.24, 2.45) is 0 Å². The van der Waals surface area contributed by atoms with E-state index >= 15 is 0 Å². The van der Waals surface area contributed by atoms with Gasteiger partial charge in [0.2, 0.25) is 5.91 Å². The number of rotatable bonds is 3. The number of amides is 1. The van der Waals surface area contributed by atoms with Gasteiger partial charge in [0, 0.05) is 26.2 Å². The number of hydrogen-bond donors (Lipinski definition) is 1. The number of likely N-dealkylation sites (N-methyl/N-ethyl adjacent to an activating group) is 2. The molecular weight excluding hydrogens is 166 g/mol. The molecule has 0 aromatic rings. The molecule has 0 aliphatic carbocycles.